The van der Waals surface area contributed by atoms with Crippen molar-refractivity contribution >= 4 is 11.6 Å². The van der Waals surface area contributed by atoms with Crippen LogP contribution in [0.25, 0.3) is 0 Å². The van der Waals surface area contributed by atoms with E-state index in [1.54, 1.807) is 14.2 Å². The molecule has 5 rings (SSSR count). The van der Waals surface area contributed by atoms with E-state index in [2.05, 4.69) is 5.32 Å². The molecular weight excluding hydrogens is 404 g/mol. The number of amides is 1. The number of ether oxygens (including phenoxy) is 3. The van der Waals surface area contributed by atoms with Crippen LogP contribution in [0.1, 0.15) is 40.5 Å². The lowest BCUT2D eigenvalue weighted by molar-refractivity contribution is 0.0666. The number of rotatable bonds is 7. The highest BCUT2D eigenvalue weighted by Crippen LogP contribution is 2.45. The summed E-state index contributed by atoms with van der Waals surface area (Å²) in [6, 6.07) is 21.7. The summed E-state index contributed by atoms with van der Waals surface area (Å²) in [6.07, 6.45) is 1.72. The van der Waals surface area contributed by atoms with E-state index < -0.39 is 0 Å². The number of nitrogens with zero attached hydrogens (tertiary/aromatic N) is 1. The van der Waals surface area contributed by atoms with Gasteiger partial charge in [-0.2, -0.15) is 0 Å². The molecule has 32 heavy (non-hydrogen) atoms. The van der Waals surface area contributed by atoms with Crippen LogP contribution in [0.5, 0.6) is 17.2 Å². The Bertz CT molecular complexity index is 1100. The van der Waals surface area contributed by atoms with Crippen LogP contribution in [0.3, 0.4) is 0 Å². The molecule has 0 aromatic heterocycles. The molecule has 1 N–H and O–H groups in total. The Balaban J connectivity index is 1.51. The molecule has 1 heterocycles. The molecule has 6 heteroatoms. The molecule has 6 nitrogen and oxygen atoms in total. The molecule has 1 aliphatic carbocycles. The Morgan fingerprint density at radius 2 is 1.59 bits per heavy atom. The molecule has 3 aromatic rings. The van der Waals surface area contributed by atoms with Crippen molar-refractivity contribution in [1.82, 2.24) is 4.90 Å². The average molecular weight is 431 g/mol. The number of para-hydroxylation sites is 1. The van der Waals surface area contributed by atoms with Gasteiger partial charge in [0.05, 0.1) is 19.8 Å². The summed E-state index contributed by atoms with van der Waals surface area (Å²) in [7, 11) is 3.22. The van der Waals surface area contributed by atoms with Gasteiger partial charge in [-0.3, -0.25) is 4.79 Å². The molecule has 0 spiro atoms. The molecule has 1 saturated carbocycles. The molecule has 2 aliphatic rings. The number of benzene rings is 3. The third-order valence-electron chi connectivity index (χ3n) is 5.93. The number of carbonyl (C=O) groups excluding carboxylic acids is 1. The van der Waals surface area contributed by atoms with Gasteiger partial charge in [-0.1, -0.05) is 42.5 Å². The predicted octanol–water partition coefficient (Wildman–Crippen LogP) is 5.01. The van der Waals surface area contributed by atoms with Crippen LogP contribution < -0.4 is 19.5 Å². The minimum atomic E-state index is -0.309. The number of methoxy groups -OCH3 is 2. The highest BCUT2D eigenvalue weighted by molar-refractivity contribution is 6.02. The second-order valence-electron chi connectivity index (χ2n) is 8.06. The van der Waals surface area contributed by atoms with Gasteiger partial charge in [-0.25, -0.2) is 0 Å². The Kier molecular flexibility index (Phi) is 5.35. The van der Waals surface area contributed by atoms with E-state index in [1.165, 1.54) is 0 Å². The molecule has 0 saturated heterocycles. The van der Waals surface area contributed by atoms with Crippen molar-refractivity contribution in [3.05, 3.63) is 83.4 Å². The largest absolute Gasteiger partial charge is 0.493 e. The molecule has 0 bridgehead atoms. The molecular formula is C26H26N2O4. The lowest BCUT2D eigenvalue weighted by Gasteiger charge is -2.38. The summed E-state index contributed by atoms with van der Waals surface area (Å²) in [4.78, 5) is 15.3. The molecule has 1 aliphatic heterocycles. The van der Waals surface area contributed by atoms with Crippen LogP contribution in [-0.2, 0) is 6.61 Å². The lowest BCUT2D eigenvalue weighted by Crippen LogP contribution is -2.44. The van der Waals surface area contributed by atoms with Crippen molar-refractivity contribution in [2.24, 2.45) is 0 Å². The second-order valence-corrected chi connectivity index (χ2v) is 8.06. The van der Waals surface area contributed by atoms with Crippen LogP contribution in [0.15, 0.2) is 66.7 Å². The Labute approximate surface area is 187 Å². The number of nitrogens with one attached hydrogen (secondary N) is 1. The fourth-order valence-electron chi connectivity index (χ4n) is 4.17. The summed E-state index contributed by atoms with van der Waals surface area (Å²) in [5.41, 5.74) is 3.48. The van der Waals surface area contributed by atoms with Crippen LogP contribution in [-0.4, -0.2) is 31.1 Å². The quantitative estimate of drug-likeness (QED) is 0.571. The molecule has 1 amide bonds. The zero-order chi connectivity index (χ0) is 22.1. The molecule has 0 radical (unpaired) electrons. The Morgan fingerprint density at radius 1 is 0.938 bits per heavy atom. The van der Waals surface area contributed by atoms with Gasteiger partial charge >= 0.3 is 0 Å². The number of hydrogen-bond acceptors (Lipinski definition) is 5. The Morgan fingerprint density at radius 3 is 2.25 bits per heavy atom. The fraction of sp³-hybridized carbons (Fsp3) is 0.269. The average Bonchev–Trinajstić information content (AvgIpc) is 3.68. The molecule has 3 aromatic carbocycles. The minimum absolute atomic E-state index is 0.0502. The normalized spacial score (nSPS) is 17.4. The van der Waals surface area contributed by atoms with Crippen molar-refractivity contribution in [3.63, 3.8) is 0 Å². The van der Waals surface area contributed by atoms with Crippen molar-refractivity contribution in [2.75, 3.05) is 19.5 Å². The maximum atomic E-state index is 13.3. The number of anilines is 1. The zero-order valence-electron chi connectivity index (χ0n) is 18.2. The first-order valence-electron chi connectivity index (χ1n) is 10.8. The predicted molar refractivity (Wildman–Crippen MR) is 122 cm³/mol. The highest BCUT2D eigenvalue weighted by atomic mass is 16.5. The monoisotopic (exact) mass is 430 g/mol. The van der Waals surface area contributed by atoms with E-state index in [0.717, 1.165) is 29.7 Å². The van der Waals surface area contributed by atoms with E-state index in [1.807, 2.05) is 71.6 Å². The summed E-state index contributed by atoms with van der Waals surface area (Å²) in [6.45, 7) is 0.397. The van der Waals surface area contributed by atoms with Gasteiger partial charge < -0.3 is 24.4 Å². The zero-order valence-corrected chi connectivity index (χ0v) is 18.2. The third kappa shape index (κ3) is 3.73. The van der Waals surface area contributed by atoms with Crippen LogP contribution in [0.2, 0.25) is 0 Å². The lowest BCUT2D eigenvalue weighted by atomic mass is 10.0. The van der Waals surface area contributed by atoms with Crippen molar-refractivity contribution in [1.29, 1.82) is 0 Å². The van der Waals surface area contributed by atoms with Crippen LogP contribution >= 0.6 is 0 Å². The van der Waals surface area contributed by atoms with E-state index >= 15 is 0 Å². The summed E-state index contributed by atoms with van der Waals surface area (Å²) < 4.78 is 17.4. The van der Waals surface area contributed by atoms with Gasteiger partial charge in [0, 0.05) is 17.3 Å². The summed E-state index contributed by atoms with van der Waals surface area (Å²) in [5.74, 6) is 1.73. The molecule has 164 valence electrons. The van der Waals surface area contributed by atoms with E-state index in [4.69, 9.17) is 14.2 Å². The van der Waals surface area contributed by atoms with E-state index in [0.29, 0.717) is 29.4 Å². The Hall–Kier alpha value is -3.67. The topological polar surface area (TPSA) is 60.0 Å². The van der Waals surface area contributed by atoms with Gasteiger partial charge in [0.2, 0.25) is 5.75 Å². The summed E-state index contributed by atoms with van der Waals surface area (Å²) in [5, 5.41) is 3.55. The van der Waals surface area contributed by atoms with Crippen molar-refractivity contribution in [2.45, 2.75) is 31.7 Å². The maximum absolute atomic E-state index is 13.3. The van der Waals surface area contributed by atoms with E-state index in [9.17, 15) is 4.79 Å². The SMILES string of the molecule is COc1cc([C@@H]2Nc3ccccc3C(=O)N2C2CC2)cc(OC)c1OCc1ccccc1. The highest BCUT2D eigenvalue weighted by Gasteiger charge is 2.42. The molecule has 0 unspecified atom stereocenters. The van der Waals surface area contributed by atoms with Gasteiger partial charge in [-0.05, 0) is 42.7 Å². The van der Waals surface area contributed by atoms with Gasteiger partial charge in [-0.15, -0.1) is 0 Å². The standard InChI is InChI=1S/C26H26N2O4/c1-30-22-14-18(15-23(31-2)24(22)32-16-17-8-4-3-5-9-17)25-27-21-11-7-6-10-20(21)26(29)28(25)19-12-13-19/h3-11,14-15,19,25,27H,12-13,16H2,1-2H3/t25-/m1/s1. The first kappa shape index (κ1) is 20.2. The van der Waals surface area contributed by atoms with Crippen LogP contribution in [0.4, 0.5) is 5.69 Å². The first-order chi connectivity index (χ1) is 15.7. The van der Waals surface area contributed by atoms with Gasteiger partial charge in [0.1, 0.15) is 12.8 Å². The molecule has 1 fully saturated rings. The third-order valence-corrected chi connectivity index (χ3v) is 5.93. The summed E-state index contributed by atoms with van der Waals surface area (Å²) >= 11 is 0. The van der Waals surface area contributed by atoms with Gasteiger partial charge in [0.25, 0.3) is 5.91 Å². The van der Waals surface area contributed by atoms with Crippen molar-refractivity contribution < 1.29 is 19.0 Å². The second kappa shape index (κ2) is 8.46. The first-order valence-corrected chi connectivity index (χ1v) is 10.8. The maximum Gasteiger partial charge on any atom is 0.258 e. The van der Waals surface area contributed by atoms with Crippen LogP contribution in [0, 0.1) is 0 Å². The van der Waals surface area contributed by atoms with E-state index in [-0.39, 0.29) is 18.1 Å². The molecule has 1 atom stereocenters. The van der Waals surface area contributed by atoms with Crippen molar-refractivity contribution in [3.8, 4) is 17.2 Å². The fourth-order valence-corrected chi connectivity index (χ4v) is 4.17. The smallest absolute Gasteiger partial charge is 0.258 e. The number of hydrogen-bond donors (Lipinski definition) is 1. The number of carbonyl (C=O) groups is 1. The number of fused-ring (bicyclic) bond motifs is 1. The van der Waals surface area contributed by atoms with Gasteiger partial charge in [0.15, 0.2) is 11.5 Å². The minimum Gasteiger partial charge on any atom is -0.493 e.